The number of ether oxygens (including phenoxy) is 1. The molecule has 0 aromatic rings. The SMILES string of the molecule is COC(=O)[C@H](CC(C)C)NC(=O)C1(Br)SC=C(Br)C1Br. The summed E-state index contributed by atoms with van der Waals surface area (Å²) < 4.78 is 4.76. The van der Waals surface area contributed by atoms with E-state index in [9.17, 15) is 9.59 Å². The van der Waals surface area contributed by atoms with Crippen molar-refractivity contribution >= 4 is 71.4 Å². The van der Waals surface area contributed by atoms with Crippen LogP contribution in [0.1, 0.15) is 20.3 Å². The van der Waals surface area contributed by atoms with Gasteiger partial charge in [-0.15, -0.1) is 11.8 Å². The first kappa shape index (κ1) is 18.5. The largest absolute Gasteiger partial charge is 0.467 e. The van der Waals surface area contributed by atoms with Gasteiger partial charge in [0.05, 0.1) is 11.9 Å². The molecule has 0 fully saturated rings. The smallest absolute Gasteiger partial charge is 0.328 e. The number of methoxy groups -OCH3 is 1. The van der Waals surface area contributed by atoms with Crippen molar-refractivity contribution in [3.8, 4) is 0 Å². The van der Waals surface area contributed by atoms with Crippen LogP contribution in [0.2, 0.25) is 0 Å². The summed E-state index contributed by atoms with van der Waals surface area (Å²) in [6.07, 6.45) is 0.535. The Balaban J connectivity index is 2.79. The third-order valence-corrected chi connectivity index (χ3v) is 8.94. The van der Waals surface area contributed by atoms with Crippen molar-refractivity contribution in [3.05, 3.63) is 9.89 Å². The number of nitrogens with one attached hydrogen (secondary N) is 1. The number of amides is 1. The molecule has 0 saturated carbocycles. The lowest BCUT2D eigenvalue weighted by Crippen LogP contribution is -2.51. The summed E-state index contributed by atoms with van der Waals surface area (Å²) in [5.74, 6) is -0.415. The quantitative estimate of drug-likeness (QED) is 0.470. The van der Waals surface area contributed by atoms with Crippen molar-refractivity contribution in [2.24, 2.45) is 5.92 Å². The van der Waals surface area contributed by atoms with E-state index in [4.69, 9.17) is 4.74 Å². The van der Waals surface area contributed by atoms with Gasteiger partial charge in [-0.2, -0.15) is 0 Å². The highest BCUT2D eigenvalue weighted by Gasteiger charge is 2.48. The Labute approximate surface area is 148 Å². The van der Waals surface area contributed by atoms with Gasteiger partial charge in [0.1, 0.15) is 6.04 Å². The number of thioether (sulfide) groups is 1. The number of carbonyl (C=O) groups is 2. The first-order chi connectivity index (χ1) is 9.22. The molecule has 0 radical (unpaired) electrons. The molecule has 0 saturated heterocycles. The molecular formula is C12H16Br3NO3S. The van der Waals surface area contributed by atoms with Gasteiger partial charge in [-0.1, -0.05) is 61.6 Å². The van der Waals surface area contributed by atoms with E-state index in [1.165, 1.54) is 18.9 Å². The van der Waals surface area contributed by atoms with Crippen molar-refractivity contribution in [2.45, 2.75) is 34.8 Å². The number of carbonyl (C=O) groups excluding carboxylic acids is 2. The molecule has 20 heavy (non-hydrogen) atoms. The monoisotopic (exact) mass is 491 g/mol. The van der Waals surface area contributed by atoms with Gasteiger partial charge in [0.2, 0.25) is 5.91 Å². The van der Waals surface area contributed by atoms with Gasteiger partial charge in [-0.3, -0.25) is 4.79 Å². The van der Waals surface area contributed by atoms with Crippen molar-refractivity contribution in [1.82, 2.24) is 5.32 Å². The number of hydrogen-bond donors (Lipinski definition) is 1. The molecule has 1 rings (SSSR count). The minimum absolute atomic E-state index is 0.197. The lowest BCUT2D eigenvalue weighted by atomic mass is 10.0. The van der Waals surface area contributed by atoms with Gasteiger partial charge in [0.15, 0.2) is 3.66 Å². The minimum atomic E-state index is -0.866. The Bertz CT molecular complexity index is 430. The molecule has 1 N–H and O–H groups in total. The average Bonchev–Trinajstić information content (AvgIpc) is 2.65. The van der Waals surface area contributed by atoms with Gasteiger partial charge in [0, 0.05) is 4.48 Å². The number of esters is 1. The second-order valence-electron chi connectivity index (χ2n) is 4.81. The summed E-state index contributed by atoms with van der Waals surface area (Å²) in [4.78, 5) is 24.0. The molecule has 3 atom stereocenters. The zero-order valence-corrected chi connectivity index (χ0v) is 16.9. The number of allylic oxidation sites excluding steroid dienone is 1. The highest BCUT2D eigenvalue weighted by molar-refractivity contribution is 9.16. The molecule has 0 bridgehead atoms. The summed E-state index contributed by atoms with van der Waals surface area (Å²) in [6.45, 7) is 3.98. The molecule has 1 amide bonds. The van der Waals surface area contributed by atoms with Crippen LogP contribution in [0.15, 0.2) is 9.89 Å². The predicted molar refractivity (Wildman–Crippen MR) is 92.4 cm³/mol. The van der Waals surface area contributed by atoms with E-state index in [0.29, 0.717) is 6.42 Å². The molecule has 8 heteroatoms. The number of alkyl halides is 2. The number of rotatable bonds is 5. The van der Waals surface area contributed by atoms with Gasteiger partial charge in [-0.05, 0) is 17.7 Å². The standard InChI is InChI=1S/C12H16Br3NO3S/c1-6(2)4-8(10(17)19-3)16-11(18)12(15)9(14)7(13)5-20-12/h5-6,8-9H,4H2,1-3H3,(H,16,18)/t8-,9?,12?/m0/s1. The normalized spacial score (nSPS) is 27.1. The van der Waals surface area contributed by atoms with Gasteiger partial charge in [0.25, 0.3) is 0 Å². The molecular weight excluding hydrogens is 478 g/mol. The minimum Gasteiger partial charge on any atom is -0.467 e. The van der Waals surface area contributed by atoms with Gasteiger partial charge < -0.3 is 10.1 Å². The van der Waals surface area contributed by atoms with E-state index in [1.807, 2.05) is 19.3 Å². The van der Waals surface area contributed by atoms with E-state index in [2.05, 4.69) is 53.1 Å². The van der Waals surface area contributed by atoms with Crippen LogP contribution in [-0.2, 0) is 14.3 Å². The van der Waals surface area contributed by atoms with Gasteiger partial charge in [-0.25, -0.2) is 4.79 Å². The molecule has 2 unspecified atom stereocenters. The van der Waals surface area contributed by atoms with Crippen LogP contribution in [0.5, 0.6) is 0 Å². The molecule has 1 aliphatic rings. The fraction of sp³-hybridized carbons (Fsp3) is 0.667. The van der Waals surface area contributed by atoms with Crippen LogP contribution in [-0.4, -0.2) is 33.5 Å². The van der Waals surface area contributed by atoms with Crippen molar-refractivity contribution in [1.29, 1.82) is 0 Å². The Kier molecular flexibility index (Phi) is 7.08. The van der Waals surface area contributed by atoms with Gasteiger partial charge >= 0.3 is 5.97 Å². The predicted octanol–water partition coefficient (Wildman–Crippen LogP) is 3.53. The molecule has 0 spiro atoms. The third-order valence-electron chi connectivity index (χ3n) is 2.72. The maximum absolute atomic E-state index is 12.5. The Hall–Kier alpha value is 0.470. The molecule has 0 aliphatic carbocycles. The Morgan fingerprint density at radius 3 is 2.55 bits per heavy atom. The summed E-state index contributed by atoms with van der Waals surface area (Å²) in [6, 6.07) is -0.637. The average molecular weight is 494 g/mol. The lowest BCUT2D eigenvalue weighted by Gasteiger charge is -2.27. The van der Waals surface area contributed by atoms with E-state index in [0.717, 1.165) is 4.48 Å². The zero-order chi connectivity index (χ0) is 15.5. The fourth-order valence-corrected chi connectivity index (χ4v) is 5.09. The molecule has 1 aliphatic heterocycles. The number of halogens is 3. The van der Waals surface area contributed by atoms with Crippen LogP contribution in [0.25, 0.3) is 0 Å². The van der Waals surface area contributed by atoms with Crippen LogP contribution in [0.4, 0.5) is 0 Å². The third kappa shape index (κ3) is 4.24. The summed E-state index contributed by atoms with van der Waals surface area (Å²) in [5, 5.41) is 4.62. The highest BCUT2D eigenvalue weighted by Crippen LogP contribution is 2.51. The van der Waals surface area contributed by atoms with Crippen molar-refractivity contribution < 1.29 is 14.3 Å². The van der Waals surface area contributed by atoms with E-state index in [-0.39, 0.29) is 16.7 Å². The summed E-state index contributed by atoms with van der Waals surface area (Å²) in [7, 11) is 1.32. The topological polar surface area (TPSA) is 55.4 Å². The Morgan fingerprint density at radius 2 is 2.15 bits per heavy atom. The fourth-order valence-electron chi connectivity index (χ4n) is 1.69. The lowest BCUT2D eigenvalue weighted by molar-refractivity contribution is -0.145. The molecule has 114 valence electrons. The maximum Gasteiger partial charge on any atom is 0.328 e. The first-order valence-electron chi connectivity index (χ1n) is 5.97. The number of hydrogen-bond acceptors (Lipinski definition) is 4. The van der Waals surface area contributed by atoms with Crippen molar-refractivity contribution in [2.75, 3.05) is 7.11 Å². The zero-order valence-electron chi connectivity index (χ0n) is 11.3. The molecule has 1 heterocycles. The van der Waals surface area contributed by atoms with E-state index < -0.39 is 15.7 Å². The second kappa shape index (κ2) is 7.65. The summed E-state index contributed by atoms with van der Waals surface area (Å²) >= 11 is 11.6. The van der Waals surface area contributed by atoms with Crippen LogP contribution in [0.3, 0.4) is 0 Å². The second-order valence-corrected chi connectivity index (χ2v) is 9.53. The molecule has 0 aromatic heterocycles. The van der Waals surface area contributed by atoms with E-state index >= 15 is 0 Å². The molecule has 0 aromatic carbocycles. The Morgan fingerprint density at radius 1 is 1.55 bits per heavy atom. The first-order valence-corrected chi connectivity index (χ1v) is 9.35. The van der Waals surface area contributed by atoms with E-state index in [1.54, 1.807) is 0 Å². The highest BCUT2D eigenvalue weighted by atomic mass is 79.9. The molecule has 4 nitrogen and oxygen atoms in total. The van der Waals surface area contributed by atoms with Crippen LogP contribution in [0, 0.1) is 5.92 Å². The maximum atomic E-state index is 12.5. The van der Waals surface area contributed by atoms with Crippen LogP contribution < -0.4 is 5.32 Å². The van der Waals surface area contributed by atoms with Crippen molar-refractivity contribution in [3.63, 3.8) is 0 Å². The summed E-state index contributed by atoms with van der Waals surface area (Å²) in [5.41, 5.74) is 0. The van der Waals surface area contributed by atoms with Crippen LogP contribution >= 0.6 is 59.6 Å².